The molecular formula is C54H73ClN4O14. The van der Waals surface area contributed by atoms with Gasteiger partial charge in [-0.3, -0.25) is 24.0 Å². The fourth-order valence-electron chi connectivity index (χ4n) is 8.27. The van der Waals surface area contributed by atoms with E-state index in [0.29, 0.717) is 120 Å². The fraction of sp³-hybridized carbons (Fsp3) is 0.556. The Hall–Kier alpha value is -5.79. The molecule has 0 bridgehead atoms. The summed E-state index contributed by atoms with van der Waals surface area (Å²) in [6, 6.07) is 17.2. The van der Waals surface area contributed by atoms with Crippen molar-refractivity contribution >= 4 is 58.4 Å². The van der Waals surface area contributed by atoms with Crippen LogP contribution in [0.3, 0.4) is 0 Å². The molecule has 19 heteroatoms. The standard InChI is InChI=1S/C54H73ClN4O14/c1-6-54(2,3)51(63)52(64)59-23-8-7-14-44(59)53(65)73-45(19-15-38-16-20-46(66-4)47(33-38)67-5)40-11-9-13-41(34-40)57-48(60)21-25-68-27-29-70-31-32-71-30-28-69-26-22-56-49(61)37-72-42-17-18-43-39(35-42)12-10-24-58(43)50(62)36-55/h9,11,13,16-18,20,33-35,44-45H,6-8,10,12,14-15,19,21-32,36-37H2,1-5H3,(H,56,61)(H,57,60)/t44-,45+/m0/s1. The number of likely N-dealkylation sites (tertiary alicyclic amines) is 1. The van der Waals surface area contributed by atoms with Gasteiger partial charge in [-0.15, -0.1) is 11.6 Å². The third kappa shape index (κ3) is 18.3. The molecule has 1 fully saturated rings. The number of rotatable bonds is 31. The minimum absolute atomic E-state index is 0.0747. The Morgan fingerprint density at radius 3 is 2.19 bits per heavy atom. The van der Waals surface area contributed by atoms with Gasteiger partial charge in [0.25, 0.3) is 11.8 Å². The number of Topliss-reactive ketones (excluding diaryl/α,β-unsaturated/α-hetero) is 1. The van der Waals surface area contributed by atoms with Gasteiger partial charge in [0.1, 0.15) is 23.8 Å². The predicted octanol–water partition coefficient (Wildman–Crippen LogP) is 6.42. The van der Waals surface area contributed by atoms with Crippen molar-refractivity contribution < 1.29 is 66.7 Å². The lowest BCUT2D eigenvalue weighted by Gasteiger charge is -2.36. The lowest BCUT2D eigenvalue weighted by molar-refractivity contribution is -0.164. The topological polar surface area (TPSA) is 207 Å². The Labute approximate surface area is 433 Å². The second kappa shape index (κ2) is 30.4. The van der Waals surface area contributed by atoms with Gasteiger partial charge in [0.2, 0.25) is 17.6 Å². The Kier molecular flexibility index (Phi) is 24.2. The number of ketones is 1. The smallest absolute Gasteiger partial charge is 0.329 e. The van der Waals surface area contributed by atoms with Crippen molar-refractivity contribution in [3.63, 3.8) is 0 Å². The van der Waals surface area contributed by atoms with Gasteiger partial charge in [-0.1, -0.05) is 39.0 Å². The summed E-state index contributed by atoms with van der Waals surface area (Å²) in [5.41, 5.74) is 3.04. The molecule has 2 aliphatic heterocycles. The van der Waals surface area contributed by atoms with E-state index in [1.165, 1.54) is 4.90 Å². The molecule has 3 aromatic rings. The third-order valence-electron chi connectivity index (χ3n) is 12.8. The largest absolute Gasteiger partial charge is 0.493 e. The van der Waals surface area contributed by atoms with Gasteiger partial charge in [0, 0.05) is 36.4 Å². The van der Waals surface area contributed by atoms with Gasteiger partial charge in [-0.2, -0.15) is 0 Å². The number of anilines is 2. The van der Waals surface area contributed by atoms with Gasteiger partial charge >= 0.3 is 5.97 Å². The summed E-state index contributed by atoms with van der Waals surface area (Å²) in [6.45, 7) is 8.92. The SMILES string of the molecule is CCC(C)(C)C(=O)C(=O)N1CCCC[C@H]1C(=O)O[C@H](CCc1ccc(OC)c(OC)c1)c1cccc(NC(=O)CCOCCOCCOCCOCCNC(=O)COc2ccc3c(c2)CCCN3C(=O)CCl)c1. The van der Waals surface area contributed by atoms with Crippen LogP contribution in [0.5, 0.6) is 17.2 Å². The lowest BCUT2D eigenvalue weighted by atomic mass is 9.84. The van der Waals surface area contributed by atoms with Crippen molar-refractivity contribution in [1.82, 2.24) is 10.2 Å². The van der Waals surface area contributed by atoms with Crippen molar-refractivity contribution in [2.24, 2.45) is 5.41 Å². The number of nitrogens with one attached hydrogen (secondary N) is 2. The molecule has 0 radical (unpaired) electrons. The molecule has 18 nitrogen and oxygen atoms in total. The Morgan fingerprint density at radius 1 is 0.781 bits per heavy atom. The van der Waals surface area contributed by atoms with Gasteiger partial charge in [0.15, 0.2) is 18.1 Å². The minimum atomic E-state index is -0.902. The lowest BCUT2D eigenvalue weighted by Crippen LogP contribution is -2.53. The van der Waals surface area contributed by atoms with Crippen LogP contribution in [0.25, 0.3) is 0 Å². The van der Waals surface area contributed by atoms with E-state index in [-0.39, 0.29) is 56.4 Å². The van der Waals surface area contributed by atoms with Crippen LogP contribution in [0.4, 0.5) is 11.4 Å². The maximum absolute atomic E-state index is 14.0. The van der Waals surface area contributed by atoms with E-state index in [2.05, 4.69) is 10.6 Å². The van der Waals surface area contributed by atoms with Crippen LogP contribution >= 0.6 is 11.6 Å². The first-order valence-electron chi connectivity index (χ1n) is 25.1. The zero-order valence-corrected chi connectivity index (χ0v) is 43.7. The molecule has 2 aliphatic rings. The van der Waals surface area contributed by atoms with Gasteiger partial charge in [0.05, 0.1) is 73.5 Å². The van der Waals surface area contributed by atoms with Crippen LogP contribution in [-0.2, 0) is 65.3 Å². The first kappa shape index (κ1) is 58.1. The monoisotopic (exact) mass is 1040 g/mol. The van der Waals surface area contributed by atoms with Crippen molar-refractivity contribution in [3.8, 4) is 17.2 Å². The van der Waals surface area contributed by atoms with Crippen LogP contribution in [0.2, 0.25) is 0 Å². The molecular weight excluding hydrogens is 964 g/mol. The first-order valence-corrected chi connectivity index (χ1v) is 25.7. The zero-order valence-electron chi connectivity index (χ0n) is 43.0. The van der Waals surface area contributed by atoms with Crippen molar-refractivity contribution in [2.45, 2.75) is 90.7 Å². The van der Waals surface area contributed by atoms with Gasteiger partial charge in [-0.05, 0) is 111 Å². The van der Waals surface area contributed by atoms with Crippen LogP contribution in [0, 0.1) is 5.41 Å². The van der Waals surface area contributed by atoms with Crippen molar-refractivity contribution in [1.29, 1.82) is 0 Å². The number of carbonyl (C=O) groups excluding carboxylic acids is 6. The summed E-state index contributed by atoms with van der Waals surface area (Å²) in [5.74, 6) is -0.812. The van der Waals surface area contributed by atoms with Crippen molar-refractivity contribution in [2.75, 3.05) is 109 Å². The second-order valence-corrected chi connectivity index (χ2v) is 18.6. The van der Waals surface area contributed by atoms with Crippen LogP contribution in [0.15, 0.2) is 60.7 Å². The number of amides is 4. The highest BCUT2D eigenvalue weighted by atomic mass is 35.5. The number of fused-ring (bicyclic) bond motifs is 1. The minimum Gasteiger partial charge on any atom is -0.493 e. The van der Waals surface area contributed by atoms with Crippen LogP contribution in [0.1, 0.15) is 88.5 Å². The number of carbonyl (C=O) groups is 6. The number of esters is 1. The molecule has 0 unspecified atom stereocenters. The number of hydrogen-bond acceptors (Lipinski definition) is 14. The maximum atomic E-state index is 14.0. The van der Waals surface area contributed by atoms with E-state index in [4.69, 9.17) is 49.5 Å². The highest BCUT2D eigenvalue weighted by Gasteiger charge is 2.41. The molecule has 400 valence electrons. The van der Waals surface area contributed by atoms with E-state index in [1.807, 2.05) is 43.3 Å². The number of halogens is 1. The van der Waals surface area contributed by atoms with E-state index >= 15 is 0 Å². The Balaban J connectivity index is 0.965. The van der Waals surface area contributed by atoms with E-state index in [1.54, 1.807) is 57.2 Å². The number of alkyl halides is 1. The van der Waals surface area contributed by atoms with E-state index in [0.717, 1.165) is 29.7 Å². The molecule has 0 saturated carbocycles. The summed E-state index contributed by atoms with van der Waals surface area (Å²) in [4.78, 5) is 81.2. The summed E-state index contributed by atoms with van der Waals surface area (Å²) < 4.78 is 45.1. The molecule has 1 saturated heterocycles. The van der Waals surface area contributed by atoms with Gasteiger partial charge in [-0.25, -0.2) is 4.79 Å². The third-order valence-corrected chi connectivity index (χ3v) is 13.0. The maximum Gasteiger partial charge on any atom is 0.329 e. The number of ether oxygens (including phenoxy) is 8. The quantitative estimate of drug-likeness (QED) is 0.0309. The van der Waals surface area contributed by atoms with Gasteiger partial charge < -0.3 is 58.3 Å². The molecule has 73 heavy (non-hydrogen) atoms. The number of nitrogens with zero attached hydrogens (tertiary/aromatic N) is 2. The second-order valence-electron chi connectivity index (χ2n) is 18.3. The summed E-state index contributed by atoms with van der Waals surface area (Å²) >= 11 is 5.75. The first-order chi connectivity index (χ1) is 35.3. The molecule has 3 aromatic carbocycles. The molecule has 2 heterocycles. The molecule has 5 rings (SSSR count). The number of aryl methyl sites for hydroxylation is 2. The predicted molar refractivity (Wildman–Crippen MR) is 274 cm³/mol. The molecule has 4 amide bonds. The number of benzene rings is 3. The molecule has 0 aromatic heterocycles. The Bertz CT molecular complexity index is 2290. The zero-order chi connectivity index (χ0) is 52.6. The molecule has 0 spiro atoms. The number of methoxy groups -OCH3 is 2. The summed E-state index contributed by atoms with van der Waals surface area (Å²) in [6.07, 6.45) is 4.12. The average Bonchev–Trinajstić information content (AvgIpc) is 3.41. The number of piperidine rings is 1. The highest BCUT2D eigenvalue weighted by Crippen LogP contribution is 2.34. The van der Waals surface area contributed by atoms with E-state index < -0.39 is 35.2 Å². The van der Waals surface area contributed by atoms with E-state index in [9.17, 15) is 28.8 Å². The molecule has 2 atom stereocenters. The molecule has 0 aliphatic carbocycles. The number of hydrogen-bond donors (Lipinski definition) is 2. The van der Waals surface area contributed by atoms with Crippen LogP contribution < -0.4 is 29.7 Å². The average molecular weight is 1040 g/mol. The van der Waals surface area contributed by atoms with Crippen molar-refractivity contribution in [3.05, 3.63) is 77.4 Å². The Morgan fingerprint density at radius 2 is 1.49 bits per heavy atom. The van der Waals surface area contributed by atoms with Crippen LogP contribution in [-0.4, -0.2) is 146 Å². The summed E-state index contributed by atoms with van der Waals surface area (Å²) in [7, 11) is 3.13. The normalized spacial score (nSPS) is 14.9. The highest BCUT2D eigenvalue weighted by molar-refractivity contribution is 6.38. The molecule has 2 N–H and O–H groups in total. The summed E-state index contributed by atoms with van der Waals surface area (Å²) in [5, 5.41) is 5.67. The fourth-order valence-corrected chi connectivity index (χ4v) is 8.41.